The second-order valence-electron chi connectivity index (χ2n) is 3.34. The summed E-state index contributed by atoms with van der Waals surface area (Å²) in [5.41, 5.74) is 5.59. The lowest BCUT2D eigenvalue weighted by atomic mass is 10.3. The van der Waals surface area contributed by atoms with Gasteiger partial charge in [0.15, 0.2) is 0 Å². The van der Waals surface area contributed by atoms with Crippen LogP contribution >= 0.6 is 24.4 Å². The number of carboxylic acids is 1. The molecule has 5 N–H and O–H groups in total. The van der Waals surface area contributed by atoms with Gasteiger partial charge in [0.25, 0.3) is 0 Å². The number of nitrogens with one attached hydrogen (secondary N) is 1. The Morgan fingerprint density at radius 2 is 2.12 bits per heavy atom. The first-order chi connectivity index (χ1) is 8.02. The minimum atomic E-state index is -1.13. The molecule has 6 nitrogen and oxygen atoms in total. The molecule has 0 aliphatic carbocycles. The fourth-order valence-corrected chi connectivity index (χ4v) is 2.07. The Bertz CT molecular complexity index is 253. The summed E-state index contributed by atoms with van der Waals surface area (Å²) in [6, 6.07) is -1.76. The van der Waals surface area contributed by atoms with Crippen molar-refractivity contribution < 1.29 is 19.8 Å². The summed E-state index contributed by atoms with van der Waals surface area (Å²) >= 11 is 5.27. The molecule has 0 aromatic carbocycles. The molecule has 100 valence electrons. The monoisotopic (exact) mass is 282 g/mol. The maximum Gasteiger partial charge on any atom is 0.327 e. The molecule has 0 rings (SSSR count). The fourth-order valence-electron chi connectivity index (χ4n) is 0.917. The third-order valence-electron chi connectivity index (χ3n) is 1.88. The molecule has 0 saturated heterocycles. The highest BCUT2D eigenvalue weighted by Crippen LogP contribution is 2.04. The molecule has 0 saturated carbocycles. The molecule has 0 radical (unpaired) electrons. The first-order valence-electron chi connectivity index (χ1n) is 5.11. The van der Waals surface area contributed by atoms with Gasteiger partial charge in [-0.2, -0.15) is 24.4 Å². The SMILES string of the molecule is N[C@@H](CSCCCO)C(=O)N[C@@H](CS)C(=O)O. The van der Waals surface area contributed by atoms with E-state index < -0.39 is 24.0 Å². The van der Waals surface area contributed by atoms with E-state index in [2.05, 4.69) is 17.9 Å². The molecule has 0 heterocycles. The maximum absolute atomic E-state index is 11.5. The molecule has 0 aliphatic heterocycles. The standard InChI is InChI=1S/C9H18N2O4S2/c10-6(5-17-3-1-2-12)8(13)11-7(4-16)9(14)15/h6-7,12,16H,1-5,10H2,(H,11,13)(H,14,15)/t6-,7-/m0/s1. The van der Waals surface area contributed by atoms with Gasteiger partial charge in [-0.15, -0.1) is 0 Å². The molecule has 0 spiro atoms. The first-order valence-corrected chi connectivity index (χ1v) is 6.89. The zero-order valence-electron chi connectivity index (χ0n) is 9.33. The van der Waals surface area contributed by atoms with Crippen molar-refractivity contribution in [2.24, 2.45) is 5.73 Å². The molecule has 0 aromatic heterocycles. The highest BCUT2D eigenvalue weighted by atomic mass is 32.2. The second kappa shape index (κ2) is 9.58. The van der Waals surface area contributed by atoms with Crippen LogP contribution in [-0.2, 0) is 9.59 Å². The zero-order valence-corrected chi connectivity index (χ0v) is 11.0. The van der Waals surface area contributed by atoms with Crippen LogP contribution in [0.2, 0.25) is 0 Å². The quantitative estimate of drug-likeness (QED) is 0.272. The molecule has 0 aliphatic rings. The van der Waals surface area contributed by atoms with Crippen LogP contribution in [0.15, 0.2) is 0 Å². The van der Waals surface area contributed by atoms with Gasteiger partial charge in [0.05, 0.1) is 6.04 Å². The van der Waals surface area contributed by atoms with Crippen molar-refractivity contribution in [3.05, 3.63) is 0 Å². The molecule has 17 heavy (non-hydrogen) atoms. The summed E-state index contributed by atoms with van der Waals surface area (Å²) in [6.07, 6.45) is 0.646. The molecule has 2 atom stereocenters. The van der Waals surface area contributed by atoms with Gasteiger partial charge < -0.3 is 21.3 Å². The van der Waals surface area contributed by atoms with Gasteiger partial charge in [-0.3, -0.25) is 4.79 Å². The average molecular weight is 282 g/mol. The van der Waals surface area contributed by atoms with Gasteiger partial charge >= 0.3 is 5.97 Å². The van der Waals surface area contributed by atoms with Crippen LogP contribution in [0, 0.1) is 0 Å². The Labute approximate surface area is 110 Å². The number of aliphatic carboxylic acids is 1. The highest BCUT2D eigenvalue weighted by molar-refractivity contribution is 7.99. The third-order valence-corrected chi connectivity index (χ3v) is 3.42. The molecule has 0 unspecified atom stereocenters. The number of nitrogens with two attached hydrogens (primary N) is 1. The van der Waals surface area contributed by atoms with Crippen molar-refractivity contribution in [1.82, 2.24) is 5.32 Å². The van der Waals surface area contributed by atoms with Gasteiger partial charge in [-0.05, 0) is 12.2 Å². The predicted molar refractivity (Wildman–Crippen MR) is 70.4 cm³/mol. The van der Waals surface area contributed by atoms with E-state index in [1.54, 1.807) is 0 Å². The van der Waals surface area contributed by atoms with Crippen molar-refractivity contribution in [3.8, 4) is 0 Å². The van der Waals surface area contributed by atoms with Crippen LogP contribution in [0.3, 0.4) is 0 Å². The van der Waals surface area contributed by atoms with E-state index in [0.717, 1.165) is 0 Å². The number of hydrogen-bond donors (Lipinski definition) is 5. The highest BCUT2D eigenvalue weighted by Gasteiger charge is 2.21. The zero-order chi connectivity index (χ0) is 13.3. The molecule has 1 amide bonds. The summed E-state index contributed by atoms with van der Waals surface area (Å²) in [4.78, 5) is 22.1. The van der Waals surface area contributed by atoms with Gasteiger partial charge in [-0.25, -0.2) is 4.79 Å². The summed E-state index contributed by atoms with van der Waals surface area (Å²) in [5, 5.41) is 19.6. The van der Waals surface area contributed by atoms with E-state index in [9.17, 15) is 9.59 Å². The van der Waals surface area contributed by atoms with E-state index in [0.29, 0.717) is 17.9 Å². The van der Waals surface area contributed by atoms with E-state index in [4.69, 9.17) is 15.9 Å². The predicted octanol–water partition coefficient (Wildman–Crippen LogP) is -1.07. The number of hydrogen-bond acceptors (Lipinski definition) is 6. The van der Waals surface area contributed by atoms with Gasteiger partial charge in [0, 0.05) is 18.1 Å². The van der Waals surface area contributed by atoms with Crippen molar-refractivity contribution in [3.63, 3.8) is 0 Å². The van der Waals surface area contributed by atoms with E-state index in [1.165, 1.54) is 11.8 Å². The molecular weight excluding hydrogens is 264 g/mol. The summed E-state index contributed by atoms with van der Waals surface area (Å²) in [6.45, 7) is 0.106. The van der Waals surface area contributed by atoms with Crippen molar-refractivity contribution in [2.75, 3.05) is 23.9 Å². The van der Waals surface area contributed by atoms with Crippen molar-refractivity contribution in [1.29, 1.82) is 0 Å². The van der Waals surface area contributed by atoms with E-state index in [-0.39, 0.29) is 12.4 Å². The van der Waals surface area contributed by atoms with Crippen LogP contribution in [0.1, 0.15) is 6.42 Å². The van der Waals surface area contributed by atoms with Gasteiger partial charge in [0.2, 0.25) is 5.91 Å². The number of carboxylic acid groups (broad SMARTS) is 1. The van der Waals surface area contributed by atoms with E-state index in [1.807, 2.05) is 0 Å². The van der Waals surface area contributed by atoms with Crippen LogP contribution in [0.4, 0.5) is 0 Å². The number of aliphatic hydroxyl groups is 1. The van der Waals surface area contributed by atoms with Crippen LogP contribution in [-0.4, -0.2) is 58.0 Å². The molecule has 0 fully saturated rings. The third kappa shape index (κ3) is 7.48. The minimum Gasteiger partial charge on any atom is -0.480 e. The number of amides is 1. The number of thiol groups is 1. The summed E-state index contributed by atoms with van der Waals surface area (Å²) < 4.78 is 0. The first kappa shape index (κ1) is 16.6. The smallest absolute Gasteiger partial charge is 0.327 e. The lowest BCUT2D eigenvalue weighted by Gasteiger charge is -2.15. The maximum atomic E-state index is 11.5. The van der Waals surface area contributed by atoms with E-state index >= 15 is 0 Å². The van der Waals surface area contributed by atoms with Crippen LogP contribution < -0.4 is 11.1 Å². The van der Waals surface area contributed by atoms with Crippen molar-refractivity contribution in [2.45, 2.75) is 18.5 Å². The minimum absolute atomic E-state index is 0.0193. The molecule has 8 heteroatoms. The Morgan fingerprint density at radius 3 is 2.59 bits per heavy atom. The van der Waals surface area contributed by atoms with Gasteiger partial charge in [0.1, 0.15) is 6.04 Å². The number of carbonyl (C=O) groups is 2. The number of carbonyl (C=O) groups excluding carboxylic acids is 1. The normalized spacial score (nSPS) is 14.1. The van der Waals surface area contributed by atoms with Crippen LogP contribution in [0.5, 0.6) is 0 Å². The molecule has 0 bridgehead atoms. The number of aliphatic hydroxyl groups excluding tert-OH is 1. The van der Waals surface area contributed by atoms with Crippen molar-refractivity contribution >= 4 is 36.3 Å². The Morgan fingerprint density at radius 1 is 1.47 bits per heavy atom. The second-order valence-corrected chi connectivity index (χ2v) is 4.86. The largest absolute Gasteiger partial charge is 0.480 e. The summed E-state index contributed by atoms with van der Waals surface area (Å²) in [5.74, 6) is -0.501. The molecule has 0 aromatic rings. The lowest BCUT2D eigenvalue weighted by molar-refractivity contribution is -0.141. The average Bonchev–Trinajstić information content (AvgIpc) is 2.30. The molecular formula is C9H18N2O4S2. The van der Waals surface area contributed by atoms with Crippen LogP contribution in [0.25, 0.3) is 0 Å². The Balaban J connectivity index is 3.91. The number of thioether (sulfide) groups is 1. The fraction of sp³-hybridized carbons (Fsp3) is 0.778. The van der Waals surface area contributed by atoms with Gasteiger partial charge in [-0.1, -0.05) is 0 Å². The summed E-state index contributed by atoms with van der Waals surface area (Å²) in [7, 11) is 0. The number of rotatable bonds is 9. The Kier molecular flexibility index (Phi) is 9.33. The lowest BCUT2D eigenvalue weighted by Crippen LogP contribution is -2.50. The Hall–Kier alpha value is -0.440. The topological polar surface area (TPSA) is 113 Å².